The molecule has 7 aromatic rings. The van der Waals surface area contributed by atoms with Gasteiger partial charge in [0.15, 0.2) is 5.13 Å². The van der Waals surface area contributed by atoms with E-state index in [2.05, 4.69) is 54.9 Å². The molecule has 474 valence electrons. The van der Waals surface area contributed by atoms with Gasteiger partial charge in [-0.15, -0.1) is 11.3 Å². The first-order valence-corrected chi connectivity index (χ1v) is 34.5. The van der Waals surface area contributed by atoms with Crippen molar-refractivity contribution in [1.82, 2.24) is 45.6 Å². The molecule has 4 saturated carbocycles. The molecule has 3 aromatic carbocycles. The normalized spacial score (nSPS) is 21.7. The maximum atomic E-state index is 14.4. The average molecular weight is 1250 g/mol. The molecule has 90 heavy (non-hydrogen) atoms. The third kappa shape index (κ3) is 13.9. The number of β-amino-alcohol motifs (C(OH)–C–C–N with tert-alkyl or cyclic N) is 1. The smallest absolute Gasteiger partial charge is 0.270 e. The van der Waals surface area contributed by atoms with E-state index in [4.69, 9.17) is 15.1 Å². The summed E-state index contributed by atoms with van der Waals surface area (Å²) < 4.78 is 3.30. The van der Waals surface area contributed by atoms with Crippen LogP contribution in [-0.2, 0) is 33.9 Å². The zero-order valence-corrected chi connectivity index (χ0v) is 54.6. The lowest BCUT2D eigenvalue weighted by atomic mass is 9.49. The van der Waals surface area contributed by atoms with Crippen molar-refractivity contribution < 1.29 is 29.1 Å². The van der Waals surface area contributed by atoms with Gasteiger partial charge < -0.3 is 36.2 Å². The van der Waals surface area contributed by atoms with Gasteiger partial charge in [-0.25, -0.2) is 15.0 Å². The molecule has 5 amide bonds. The zero-order chi connectivity index (χ0) is 62.8. The number of unbranched alkanes of at least 4 members (excludes halogenated alkanes) is 6. The van der Waals surface area contributed by atoms with E-state index in [-0.39, 0.29) is 66.1 Å². The monoisotopic (exact) mass is 1250 g/mol. The second kappa shape index (κ2) is 26.8. The summed E-state index contributed by atoms with van der Waals surface area (Å²) >= 11 is 3.25. The van der Waals surface area contributed by atoms with Gasteiger partial charge in [0.2, 0.25) is 17.7 Å². The maximum absolute atomic E-state index is 14.4. The molecule has 6 aliphatic rings. The molecular weight excluding hydrogens is 1170 g/mol. The van der Waals surface area contributed by atoms with Crippen molar-refractivity contribution in [3.63, 3.8) is 0 Å². The summed E-state index contributed by atoms with van der Waals surface area (Å²) in [5.41, 5.74) is 10.8. The van der Waals surface area contributed by atoms with Crippen LogP contribution < -0.4 is 26.2 Å². The highest BCUT2D eigenvalue weighted by molar-refractivity contribution is 7.22. The molecule has 17 nitrogen and oxygen atoms in total. The second-order valence-corrected chi connectivity index (χ2v) is 29.6. The lowest BCUT2D eigenvalue weighted by molar-refractivity contribution is -0.144. The Labute approximate surface area is 536 Å². The molecule has 4 bridgehead atoms. The van der Waals surface area contributed by atoms with E-state index in [0.29, 0.717) is 36.5 Å². The van der Waals surface area contributed by atoms with Gasteiger partial charge in [0.05, 0.1) is 44.6 Å². The van der Waals surface area contributed by atoms with Crippen LogP contribution in [0.25, 0.3) is 31.8 Å². The van der Waals surface area contributed by atoms with Gasteiger partial charge in [0.25, 0.3) is 11.8 Å². The van der Waals surface area contributed by atoms with Gasteiger partial charge in [0, 0.05) is 67.9 Å². The fraction of sp³-hybridized carbons (Fsp3) is 0.507. The van der Waals surface area contributed by atoms with Crippen LogP contribution in [-0.4, -0.2) is 102 Å². The van der Waals surface area contributed by atoms with Gasteiger partial charge >= 0.3 is 0 Å². The van der Waals surface area contributed by atoms with Crippen LogP contribution in [0.5, 0.6) is 0 Å². The molecular formula is C71H87N11O6S2. The van der Waals surface area contributed by atoms with Crippen LogP contribution in [0.3, 0.4) is 0 Å². The summed E-state index contributed by atoms with van der Waals surface area (Å²) in [6, 6.07) is 23.7. The Balaban J connectivity index is 0.626. The van der Waals surface area contributed by atoms with E-state index < -0.39 is 23.6 Å². The van der Waals surface area contributed by atoms with E-state index in [1.807, 2.05) is 107 Å². The highest BCUT2D eigenvalue weighted by Crippen LogP contribution is 2.60. The summed E-state index contributed by atoms with van der Waals surface area (Å²) in [4.78, 5) is 89.4. The Morgan fingerprint density at radius 2 is 1.51 bits per heavy atom. The molecule has 19 heteroatoms. The number of aliphatic hydroxyl groups is 1. The number of benzene rings is 3. The molecule has 13 rings (SSSR count). The Kier molecular flexibility index (Phi) is 18.7. The van der Waals surface area contributed by atoms with Crippen LogP contribution in [0.2, 0.25) is 0 Å². The van der Waals surface area contributed by atoms with Gasteiger partial charge in [-0.05, 0) is 160 Å². The van der Waals surface area contributed by atoms with Crippen molar-refractivity contribution in [2.24, 2.45) is 28.6 Å². The Morgan fingerprint density at radius 1 is 0.789 bits per heavy atom. The number of hydrogen-bond acceptors (Lipinski definition) is 13. The number of carbonyl (C=O) groups excluding carboxylic acids is 5. The Morgan fingerprint density at radius 3 is 2.22 bits per heavy atom. The number of carbonyl (C=O) groups is 5. The van der Waals surface area contributed by atoms with E-state index in [9.17, 15) is 29.1 Å². The lowest BCUT2D eigenvalue weighted by Crippen LogP contribution is -2.57. The molecule has 4 aromatic heterocycles. The standard InChI is InChI=1S/C71H87N11O6S2/c1-43(49-22-24-51(25-23-49)63-44(2)73-42-89-63)75-66(86)58-34-52(83)39-81(58)68(88)64(70(4,5)6)79-61(84)21-12-10-8-7-9-11-15-29-72-67(87)62-53(55-38-74-82(45(55)3)41-71-35-46-31-47(36-71)33-48(32-46)37-71)26-27-60(77-62)78-65(85)54-18-16-17-50-28-30-80(40-56(50)54)69-76-57-19-13-14-20-59(57)90-69/h13-14,16-20,22-27,38,42-43,46-48,52,58,64,83H,7-12,15,21,28-37,39-41H2,1-6H3,(H,72,87)(H,75,86)(H,79,84)(H,77,78,85)/t43-,46?,47?,48?,52+,58-,64+,71?/m0/s1. The number of thiazole rings is 2. The summed E-state index contributed by atoms with van der Waals surface area (Å²) in [5, 5.41) is 29.0. The number of aryl methyl sites for hydroxylation is 1. The third-order valence-corrected chi connectivity index (χ3v) is 22.0. The van der Waals surface area contributed by atoms with Crippen LogP contribution in [0.15, 0.2) is 90.6 Å². The summed E-state index contributed by atoms with van der Waals surface area (Å²) in [5.74, 6) is 1.25. The van der Waals surface area contributed by atoms with E-state index in [1.54, 1.807) is 28.7 Å². The molecule has 5 fully saturated rings. The quantitative estimate of drug-likeness (QED) is 0.0380. The first-order valence-electron chi connectivity index (χ1n) is 32.8. The second-order valence-electron chi connectivity index (χ2n) is 27.7. The number of aromatic nitrogens is 5. The summed E-state index contributed by atoms with van der Waals surface area (Å²) in [6.07, 6.45) is 16.2. The van der Waals surface area contributed by atoms with Crippen molar-refractivity contribution in [3.8, 4) is 21.6 Å². The number of fused-ring (bicyclic) bond motifs is 2. The van der Waals surface area contributed by atoms with Gasteiger partial charge in [0.1, 0.15) is 23.6 Å². The minimum atomic E-state index is -0.892. The number of anilines is 2. The molecule has 0 radical (unpaired) electrons. The molecule has 0 unspecified atom stereocenters. The number of likely N-dealkylation sites (tertiary alicyclic amines) is 1. The average Bonchev–Trinajstić information content (AvgIpc) is 1.02. The van der Waals surface area contributed by atoms with Crippen LogP contribution in [0.1, 0.15) is 179 Å². The number of rotatable bonds is 23. The fourth-order valence-electron chi connectivity index (χ4n) is 15.6. The molecule has 4 aliphatic carbocycles. The maximum Gasteiger partial charge on any atom is 0.270 e. The van der Waals surface area contributed by atoms with Crippen molar-refractivity contribution in [3.05, 3.63) is 130 Å². The number of pyridine rings is 1. The minimum Gasteiger partial charge on any atom is -0.391 e. The van der Waals surface area contributed by atoms with Crippen LogP contribution in [0.4, 0.5) is 10.9 Å². The molecule has 6 heterocycles. The number of hydrogen-bond donors (Lipinski definition) is 5. The molecule has 4 atom stereocenters. The highest BCUT2D eigenvalue weighted by atomic mass is 32.1. The van der Waals surface area contributed by atoms with Crippen LogP contribution >= 0.6 is 22.7 Å². The molecule has 2 aliphatic heterocycles. The van der Waals surface area contributed by atoms with E-state index in [1.165, 1.54) is 43.4 Å². The molecule has 5 N–H and O–H groups in total. The number of amides is 5. The van der Waals surface area contributed by atoms with Gasteiger partial charge in [-0.2, -0.15) is 5.10 Å². The lowest BCUT2D eigenvalue weighted by Gasteiger charge is -2.56. The van der Waals surface area contributed by atoms with Gasteiger partial charge in [-0.3, -0.25) is 28.7 Å². The van der Waals surface area contributed by atoms with Crippen molar-refractivity contribution >= 4 is 73.4 Å². The van der Waals surface area contributed by atoms with E-state index >= 15 is 0 Å². The summed E-state index contributed by atoms with van der Waals surface area (Å²) in [6.45, 7) is 14.4. The number of para-hydroxylation sites is 1. The first kappa shape index (κ1) is 62.8. The van der Waals surface area contributed by atoms with E-state index in [0.717, 1.165) is 135 Å². The highest BCUT2D eigenvalue weighted by Gasteiger charge is 2.51. The van der Waals surface area contributed by atoms with Crippen molar-refractivity contribution in [2.75, 3.05) is 29.9 Å². The van der Waals surface area contributed by atoms with Crippen LogP contribution in [0, 0.1) is 42.4 Å². The topological polar surface area (TPSA) is 217 Å². The zero-order valence-electron chi connectivity index (χ0n) is 53.0. The van der Waals surface area contributed by atoms with Crippen molar-refractivity contribution in [2.45, 2.75) is 182 Å². The Bertz CT molecular complexity index is 3700. The Hall–Kier alpha value is -7.35. The fourth-order valence-corrected chi connectivity index (χ4v) is 17.4. The first-order chi connectivity index (χ1) is 43.3. The minimum absolute atomic E-state index is 0.00867. The predicted molar refractivity (Wildman–Crippen MR) is 355 cm³/mol. The largest absolute Gasteiger partial charge is 0.391 e. The van der Waals surface area contributed by atoms with Gasteiger partial charge in [-0.1, -0.05) is 113 Å². The predicted octanol–water partition coefficient (Wildman–Crippen LogP) is 12.5. The number of nitrogens with one attached hydrogen (secondary N) is 4. The molecule has 1 saturated heterocycles. The number of nitrogens with zero attached hydrogens (tertiary/aromatic N) is 7. The summed E-state index contributed by atoms with van der Waals surface area (Å²) in [7, 11) is 0. The van der Waals surface area contributed by atoms with Crippen molar-refractivity contribution in [1.29, 1.82) is 0 Å². The SMILES string of the molecule is Cc1ncsc1-c1ccc([C@H](C)NC(=O)[C@@H]2C[C@@H](O)CN2C(=O)[C@@H](NC(=O)CCCCCCCCCNC(=O)c2nc(NC(=O)c3cccc4c3CN(c3nc5ccccc5s3)CC4)ccc2-c2cnn(CC34CC5CC(CC(C5)C3)C4)c2C)C(C)(C)C)cc1. The molecule has 0 spiro atoms. The third-order valence-electron chi connectivity index (χ3n) is 19.9. The number of aliphatic hydroxyl groups excluding tert-OH is 1.